The number of nitrogens with two attached hydrogens (primary N) is 2. The summed E-state index contributed by atoms with van der Waals surface area (Å²) in [5.74, 6) is 0. The molecule has 0 radical (unpaired) electrons. The molecule has 0 heterocycles. The molecule has 0 aliphatic rings. The number of rotatable bonds is 3. The average molecular weight is 184 g/mol. The van der Waals surface area contributed by atoms with Crippen LogP contribution in [-0.2, 0) is 13.6 Å². The first-order valence-electron chi connectivity index (χ1n) is 3.13. The maximum atomic E-state index is 10.5. The Morgan fingerprint density at radius 3 is 1.45 bits per heavy atom. The van der Waals surface area contributed by atoms with Crippen LogP contribution in [0.2, 0.25) is 0 Å². The van der Waals surface area contributed by atoms with E-state index in [1.807, 2.05) is 0 Å². The van der Waals surface area contributed by atoms with Gasteiger partial charge in [0.05, 0.1) is 0 Å². The van der Waals surface area contributed by atoms with Gasteiger partial charge in [-0.05, 0) is 0 Å². The Morgan fingerprint density at radius 2 is 1.45 bits per heavy atom. The Labute approximate surface area is 67.6 Å². The topological polar surface area (TPSA) is 87.6 Å². The molecule has 11 heavy (non-hydrogen) atoms. The molecule has 0 rings (SSSR count). The molecule has 0 aromatic carbocycles. The molecule has 0 atom stereocenters. The van der Waals surface area contributed by atoms with Crippen molar-refractivity contribution in [2.75, 3.05) is 34.0 Å². The summed E-state index contributed by atoms with van der Waals surface area (Å²) in [6.07, 6.45) is 0. The minimum Gasteiger partial charge on any atom is -0.329 e. The zero-order valence-electron chi connectivity index (χ0n) is 7.24. The first-order valence-corrected chi connectivity index (χ1v) is 5.12. The molecule has 0 aromatic heterocycles. The van der Waals surface area contributed by atoms with E-state index in [0.29, 0.717) is 13.1 Å². The average Bonchev–Trinajstić information content (AvgIpc) is 2.05. The van der Waals surface area contributed by atoms with E-state index in [1.165, 1.54) is 20.9 Å². The van der Waals surface area contributed by atoms with Crippen LogP contribution in [-0.4, -0.2) is 34.0 Å². The standard InChI is InChI=1S/C3H9O3P.C2H8N2/c1-5-7(3,4)6-2;3-1-2-4/h1-3H3;1-4H2. The summed E-state index contributed by atoms with van der Waals surface area (Å²) in [5.41, 5.74) is 9.81. The fourth-order valence-electron chi connectivity index (χ4n) is 0.0745. The van der Waals surface area contributed by atoms with Crippen molar-refractivity contribution in [3.63, 3.8) is 0 Å². The number of hydrogen-bond acceptors (Lipinski definition) is 5. The van der Waals surface area contributed by atoms with Crippen molar-refractivity contribution in [3.05, 3.63) is 0 Å². The molecule has 6 heteroatoms. The van der Waals surface area contributed by atoms with Crippen molar-refractivity contribution >= 4 is 7.60 Å². The van der Waals surface area contributed by atoms with Crippen molar-refractivity contribution in [2.45, 2.75) is 0 Å². The highest BCUT2D eigenvalue weighted by atomic mass is 31.2. The van der Waals surface area contributed by atoms with E-state index >= 15 is 0 Å². The lowest BCUT2D eigenvalue weighted by Gasteiger charge is -2.04. The predicted molar refractivity (Wildman–Crippen MR) is 45.7 cm³/mol. The Kier molecular flexibility index (Phi) is 10.1. The summed E-state index contributed by atoms with van der Waals surface area (Å²) in [5, 5.41) is 0. The highest BCUT2D eigenvalue weighted by molar-refractivity contribution is 7.52. The molecule has 5 nitrogen and oxygen atoms in total. The molecular formula is C5H17N2O3P. The molecule has 0 saturated carbocycles. The smallest absolute Gasteiger partial charge is 0.327 e. The molecule has 0 saturated heterocycles. The molecule has 0 aromatic rings. The first kappa shape index (κ1) is 13.6. The van der Waals surface area contributed by atoms with Gasteiger partial charge in [0, 0.05) is 34.0 Å². The maximum Gasteiger partial charge on any atom is 0.327 e. The third-order valence-corrected chi connectivity index (χ3v) is 2.16. The lowest BCUT2D eigenvalue weighted by atomic mass is 10.7. The van der Waals surface area contributed by atoms with Crippen LogP contribution in [0.25, 0.3) is 0 Å². The minimum absolute atomic E-state index is 0.597. The zero-order chi connectivity index (χ0) is 9.33. The molecule has 0 spiro atoms. The fraction of sp³-hybridized carbons (Fsp3) is 1.00. The van der Waals surface area contributed by atoms with Crippen molar-refractivity contribution in [2.24, 2.45) is 11.5 Å². The molecule has 0 unspecified atom stereocenters. The summed E-state index contributed by atoms with van der Waals surface area (Å²) < 4.78 is 19.3. The van der Waals surface area contributed by atoms with Gasteiger partial charge in [0.2, 0.25) is 0 Å². The van der Waals surface area contributed by atoms with E-state index in [1.54, 1.807) is 0 Å². The van der Waals surface area contributed by atoms with Gasteiger partial charge in [0.15, 0.2) is 0 Å². The third-order valence-electron chi connectivity index (χ3n) is 0.830. The van der Waals surface area contributed by atoms with E-state index in [0.717, 1.165) is 0 Å². The van der Waals surface area contributed by atoms with E-state index in [2.05, 4.69) is 9.05 Å². The molecule has 0 aliphatic carbocycles. The zero-order valence-corrected chi connectivity index (χ0v) is 8.14. The first-order chi connectivity index (χ1) is 5.04. The molecule has 0 fully saturated rings. The van der Waals surface area contributed by atoms with Crippen molar-refractivity contribution < 1.29 is 13.6 Å². The predicted octanol–water partition coefficient (Wildman–Crippen LogP) is 0.00590. The maximum absolute atomic E-state index is 10.5. The van der Waals surface area contributed by atoms with Crippen LogP contribution in [0.1, 0.15) is 0 Å². The Balaban J connectivity index is 0. The fourth-order valence-corrected chi connectivity index (χ4v) is 0.224. The molecule has 70 valence electrons. The van der Waals surface area contributed by atoms with Crippen LogP contribution < -0.4 is 11.5 Å². The van der Waals surface area contributed by atoms with Gasteiger partial charge in [-0.1, -0.05) is 0 Å². The van der Waals surface area contributed by atoms with Gasteiger partial charge >= 0.3 is 7.60 Å². The van der Waals surface area contributed by atoms with Crippen LogP contribution in [0.4, 0.5) is 0 Å². The molecular weight excluding hydrogens is 167 g/mol. The highest BCUT2D eigenvalue weighted by Crippen LogP contribution is 2.40. The molecule has 0 amide bonds. The SMILES string of the molecule is COP(C)(=O)OC.NCCN. The van der Waals surface area contributed by atoms with E-state index < -0.39 is 7.60 Å². The summed E-state index contributed by atoms with van der Waals surface area (Å²) in [6.45, 7) is 2.60. The van der Waals surface area contributed by atoms with Crippen LogP contribution >= 0.6 is 7.60 Å². The van der Waals surface area contributed by atoms with Gasteiger partial charge in [0.25, 0.3) is 0 Å². The van der Waals surface area contributed by atoms with Gasteiger partial charge < -0.3 is 20.5 Å². The van der Waals surface area contributed by atoms with Gasteiger partial charge in [-0.25, -0.2) is 0 Å². The second-order valence-corrected chi connectivity index (χ2v) is 3.99. The van der Waals surface area contributed by atoms with Crippen molar-refractivity contribution in [1.82, 2.24) is 0 Å². The van der Waals surface area contributed by atoms with E-state index in [4.69, 9.17) is 11.5 Å². The molecule has 4 N–H and O–H groups in total. The quantitative estimate of drug-likeness (QED) is 0.603. The Hall–Kier alpha value is 0.0700. The van der Waals surface area contributed by atoms with Crippen molar-refractivity contribution in [1.29, 1.82) is 0 Å². The van der Waals surface area contributed by atoms with Crippen LogP contribution in [0.15, 0.2) is 0 Å². The van der Waals surface area contributed by atoms with E-state index in [9.17, 15) is 4.57 Å². The largest absolute Gasteiger partial charge is 0.329 e. The summed E-state index contributed by atoms with van der Waals surface area (Å²) in [4.78, 5) is 0. The third kappa shape index (κ3) is 13.1. The Morgan fingerprint density at radius 1 is 1.18 bits per heavy atom. The monoisotopic (exact) mass is 184 g/mol. The van der Waals surface area contributed by atoms with Gasteiger partial charge in [0.1, 0.15) is 0 Å². The van der Waals surface area contributed by atoms with Crippen molar-refractivity contribution in [3.8, 4) is 0 Å². The number of hydrogen-bond donors (Lipinski definition) is 2. The minimum atomic E-state index is -2.65. The van der Waals surface area contributed by atoms with Crippen LogP contribution in [0.3, 0.4) is 0 Å². The second kappa shape index (κ2) is 8.17. The normalized spacial score (nSPS) is 10.3. The van der Waals surface area contributed by atoms with Gasteiger partial charge in [-0.15, -0.1) is 0 Å². The van der Waals surface area contributed by atoms with Crippen LogP contribution in [0.5, 0.6) is 0 Å². The lowest BCUT2D eigenvalue weighted by molar-refractivity contribution is 0.282. The second-order valence-electron chi connectivity index (χ2n) is 1.71. The van der Waals surface area contributed by atoms with Gasteiger partial charge in [-0.2, -0.15) is 0 Å². The summed E-state index contributed by atoms with van der Waals surface area (Å²) in [6, 6.07) is 0. The van der Waals surface area contributed by atoms with Crippen LogP contribution in [0, 0.1) is 0 Å². The lowest BCUT2D eigenvalue weighted by Crippen LogP contribution is -2.11. The molecule has 0 aliphatic heterocycles. The van der Waals surface area contributed by atoms with E-state index in [-0.39, 0.29) is 0 Å². The Bertz CT molecular complexity index is 110. The van der Waals surface area contributed by atoms with Gasteiger partial charge in [-0.3, -0.25) is 4.57 Å². The highest BCUT2D eigenvalue weighted by Gasteiger charge is 2.08. The summed E-state index contributed by atoms with van der Waals surface area (Å²) in [7, 11) is 0.0486. The summed E-state index contributed by atoms with van der Waals surface area (Å²) >= 11 is 0. The molecule has 0 bridgehead atoms.